The van der Waals surface area contributed by atoms with Crippen molar-refractivity contribution < 1.29 is 9.53 Å². The van der Waals surface area contributed by atoms with Crippen LogP contribution in [0.2, 0.25) is 0 Å². The second kappa shape index (κ2) is 7.14. The molecule has 0 radical (unpaired) electrons. The summed E-state index contributed by atoms with van der Waals surface area (Å²) >= 11 is 1.59. The summed E-state index contributed by atoms with van der Waals surface area (Å²) in [6.45, 7) is 0. The number of rotatable bonds is 4. The summed E-state index contributed by atoms with van der Waals surface area (Å²) in [5.74, 6) is 0.724. The fourth-order valence-electron chi connectivity index (χ4n) is 3.01. The second-order valence-electron chi connectivity index (χ2n) is 6.06. The number of carbonyl (C=O) groups is 1. The van der Waals surface area contributed by atoms with E-state index in [0.717, 1.165) is 33.2 Å². The molecule has 130 valence electrons. The van der Waals surface area contributed by atoms with Crippen molar-refractivity contribution >= 4 is 28.6 Å². The quantitative estimate of drug-likeness (QED) is 0.758. The van der Waals surface area contributed by atoms with Crippen LogP contribution in [0.15, 0.2) is 71.0 Å². The second-order valence-corrected chi connectivity index (χ2v) is 6.98. The van der Waals surface area contributed by atoms with E-state index in [2.05, 4.69) is 5.32 Å². The SMILES string of the molecule is COc1ccc(C2=N[C@@H](Cc3ccccc3)C(=O)Nc3ccsc32)cc1. The van der Waals surface area contributed by atoms with E-state index in [1.165, 1.54) is 0 Å². The first kappa shape index (κ1) is 16.5. The first-order valence-electron chi connectivity index (χ1n) is 8.39. The zero-order valence-corrected chi connectivity index (χ0v) is 15.1. The van der Waals surface area contributed by atoms with Gasteiger partial charge in [0, 0.05) is 12.0 Å². The number of ether oxygens (including phenoxy) is 1. The van der Waals surface area contributed by atoms with Gasteiger partial charge in [-0.3, -0.25) is 9.79 Å². The van der Waals surface area contributed by atoms with E-state index in [1.54, 1.807) is 18.4 Å². The van der Waals surface area contributed by atoms with E-state index in [-0.39, 0.29) is 5.91 Å². The number of nitrogens with zero attached hydrogens (tertiary/aromatic N) is 1. The fraction of sp³-hybridized carbons (Fsp3) is 0.143. The average Bonchev–Trinajstić information content (AvgIpc) is 3.09. The molecule has 4 nitrogen and oxygen atoms in total. The van der Waals surface area contributed by atoms with Crippen molar-refractivity contribution in [2.45, 2.75) is 12.5 Å². The number of methoxy groups -OCH3 is 1. The lowest BCUT2D eigenvalue weighted by molar-refractivity contribution is -0.117. The van der Waals surface area contributed by atoms with Crippen LogP contribution in [0, 0.1) is 0 Å². The number of fused-ring (bicyclic) bond motifs is 1. The Kier molecular flexibility index (Phi) is 4.54. The highest BCUT2D eigenvalue weighted by atomic mass is 32.1. The molecule has 0 spiro atoms. The molecule has 0 unspecified atom stereocenters. The molecule has 5 heteroatoms. The van der Waals surface area contributed by atoms with Crippen LogP contribution in [-0.4, -0.2) is 24.8 Å². The molecule has 1 atom stereocenters. The van der Waals surface area contributed by atoms with E-state index >= 15 is 0 Å². The number of nitrogens with one attached hydrogen (secondary N) is 1. The Morgan fingerprint density at radius 1 is 1.08 bits per heavy atom. The minimum absolute atomic E-state index is 0.0722. The van der Waals surface area contributed by atoms with Crippen molar-refractivity contribution in [2.75, 3.05) is 12.4 Å². The maximum atomic E-state index is 12.7. The van der Waals surface area contributed by atoms with E-state index in [4.69, 9.17) is 9.73 Å². The van der Waals surface area contributed by atoms with E-state index < -0.39 is 6.04 Å². The molecular weight excluding hydrogens is 344 g/mol. The molecule has 0 fully saturated rings. The number of anilines is 1. The Morgan fingerprint density at radius 2 is 1.85 bits per heavy atom. The van der Waals surface area contributed by atoms with Gasteiger partial charge in [0.1, 0.15) is 11.8 Å². The number of hydrogen-bond donors (Lipinski definition) is 1. The van der Waals surface area contributed by atoms with Gasteiger partial charge in [0.05, 0.1) is 23.4 Å². The lowest BCUT2D eigenvalue weighted by Crippen LogP contribution is -2.27. The van der Waals surface area contributed by atoms with Crippen molar-refractivity contribution in [2.24, 2.45) is 4.99 Å². The van der Waals surface area contributed by atoms with Crippen LogP contribution in [0.4, 0.5) is 5.69 Å². The standard InChI is InChI=1S/C21H18N2O2S/c1-25-16-9-7-15(8-10-16)19-20-17(11-12-26-20)23-21(24)18(22-19)13-14-5-3-2-4-6-14/h2-12,18H,13H2,1H3,(H,23,24)/t18-/m0/s1. The predicted molar refractivity (Wildman–Crippen MR) is 106 cm³/mol. The third kappa shape index (κ3) is 3.26. The lowest BCUT2D eigenvalue weighted by atomic mass is 10.0. The summed E-state index contributed by atoms with van der Waals surface area (Å²) in [6, 6.07) is 19.2. The third-order valence-electron chi connectivity index (χ3n) is 4.36. The topological polar surface area (TPSA) is 50.7 Å². The zero-order valence-electron chi connectivity index (χ0n) is 14.3. The molecule has 1 N–H and O–H groups in total. The number of aliphatic imine (C=N–C) groups is 1. The van der Waals surface area contributed by atoms with Crippen molar-refractivity contribution in [3.8, 4) is 5.75 Å². The van der Waals surface area contributed by atoms with Crippen molar-refractivity contribution in [3.05, 3.63) is 82.0 Å². The van der Waals surface area contributed by atoms with E-state index in [1.807, 2.05) is 66.0 Å². The number of amides is 1. The third-order valence-corrected chi connectivity index (χ3v) is 5.28. The van der Waals surface area contributed by atoms with Gasteiger partial charge in [-0.25, -0.2) is 0 Å². The van der Waals surface area contributed by atoms with Crippen LogP contribution in [-0.2, 0) is 11.2 Å². The highest BCUT2D eigenvalue weighted by Gasteiger charge is 2.26. The molecule has 1 aliphatic rings. The molecule has 2 heterocycles. The molecule has 1 amide bonds. The minimum atomic E-state index is -0.464. The molecule has 4 rings (SSSR count). The summed E-state index contributed by atoms with van der Waals surface area (Å²) in [5, 5.41) is 5.00. The first-order valence-corrected chi connectivity index (χ1v) is 9.27. The summed E-state index contributed by atoms with van der Waals surface area (Å²) in [6.07, 6.45) is 0.571. The smallest absolute Gasteiger partial charge is 0.249 e. The summed E-state index contributed by atoms with van der Waals surface area (Å²) in [5.41, 5.74) is 3.74. The summed E-state index contributed by atoms with van der Waals surface area (Å²) < 4.78 is 5.25. The Balaban J connectivity index is 1.76. The lowest BCUT2D eigenvalue weighted by Gasteiger charge is -2.11. The van der Waals surface area contributed by atoms with E-state index in [9.17, 15) is 4.79 Å². The molecule has 2 aromatic carbocycles. The van der Waals surface area contributed by atoms with Crippen LogP contribution in [0.25, 0.3) is 0 Å². The average molecular weight is 362 g/mol. The van der Waals surface area contributed by atoms with Crippen LogP contribution in [0.1, 0.15) is 16.0 Å². The highest BCUT2D eigenvalue weighted by molar-refractivity contribution is 7.13. The first-order chi connectivity index (χ1) is 12.7. The zero-order chi connectivity index (χ0) is 17.9. The monoisotopic (exact) mass is 362 g/mol. The molecule has 0 aliphatic carbocycles. The van der Waals surface area contributed by atoms with Gasteiger partial charge < -0.3 is 10.1 Å². The van der Waals surface area contributed by atoms with Gasteiger partial charge in [0.15, 0.2) is 0 Å². The minimum Gasteiger partial charge on any atom is -0.497 e. The van der Waals surface area contributed by atoms with Gasteiger partial charge in [0.2, 0.25) is 5.91 Å². The molecule has 0 saturated carbocycles. The molecule has 0 saturated heterocycles. The Hall–Kier alpha value is -2.92. The summed E-state index contributed by atoms with van der Waals surface area (Å²) in [4.78, 5) is 18.6. The number of carbonyl (C=O) groups excluding carboxylic acids is 1. The van der Waals surface area contributed by atoms with Crippen LogP contribution >= 0.6 is 11.3 Å². The van der Waals surface area contributed by atoms with E-state index in [0.29, 0.717) is 6.42 Å². The molecule has 1 aliphatic heterocycles. The number of hydrogen-bond acceptors (Lipinski definition) is 4. The van der Waals surface area contributed by atoms with Gasteiger partial charge in [-0.05, 0) is 41.3 Å². The normalized spacial score (nSPS) is 16.3. The van der Waals surface area contributed by atoms with Gasteiger partial charge in [0.25, 0.3) is 0 Å². The largest absolute Gasteiger partial charge is 0.497 e. The van der Waals surface area contributed by atoms with Gasteiger partial charge in [-0.2, -0.15) is 0 Å². The van der Waals surface area contributed by atoms with Gasteiger partial charge in [-0.1, -0.05) is 30.3 Å². The fourth-order valence-corrected chi connectivity index (χ4v) is 3.88. The molecular formula is C21H18N2O2S. The van der Waals surface area contributed by atoms with Crippen LogP contribution in [0.3, 0.4) is 0 Å². The Labute approximate surface area is 156 Å². The van der Waals surface area contributed by atoms with Gasteiger partial charge >= 0.3 is 0 Å². The van der Waals surface area contributed by atoms with Crippen molar-refractivity contribution in [1.29, 1.82) is 0 Å². The maximum absolute atomic E-state index is 12.7. The van der Waals surface area contributed by atoms with Crippen LogP contribution < -0.4 is 10.1 Å². The molecule has 0 bridgehead atoms. The molecule has 3 aromatic rings. The number of thiophene rings is 1. The van der Waals surface area contributed by atoms with Crippen LogP contribution in [0.5, 0.6) is 5.75 Å². The Morgan fingerprint density at radius 3 is 2.58 bits per heavy atom. The maximum Gasteiger partial charge on any atom is 0.249 e. The summed E-state index contributed by atoms with van der Waals surface area (Å²) in [7, 11) is 1.65. The number of benzene rings is 2. The Bertz CT molecular complexity index is 946. The van der Waals surface area contributed by atoms with Gasteiger partial charge in [-0.15, -0.1) is 11.3 Å². The molecule has 26 heavy (non-hydrogen) atoms. The van der Waals surface area contributed by atoms with Crippen molar-refractivity contribution in [1.82, 2.24) is 0 Å². The van der Waals surface area contributed by atoms with Crippen molar-refractivity contribution in [3.63, 3.8) is 0 Å². The predicted octanol–water partition coefficient (Wildman–Crippen LogP) is 4.16. The molecule has 1 aromatic heterocycles. The highest BCUT2D eigenvalue weighted by Crippen LogP contribution is 2.30.